The summed E-state index contributed by atoms with van der Waals surface area (Å²) in [6.07, 6.45) is 2.30. The predicted octanol–water partition coefficient (Wildman–Crippen LogP) is 2.15. The molecule has 1 unspecified atom stereocenters. The Hall–Kier alpha value is -1.50. The molecule has 4 rings (SSSR count). The first kappa shape index (κ1) is 16.4. The Balaban J connectivity index is 1.77. The minimum Gasteiger partial charge on any atom is -0.496 e. The summed E-state index contributed by atoms with van der Waals surface area (Å²) in [5.74, 6) is 0.888. The van der Waals surface area contributed by atoms with Crippen molar-refractivity contribution in [2.24, 2.45) is 5.92 Å². The number of fused-ring (bicyclic) bond motifs is 3. The van der Waals surface area contributed by atoms with Crippen molar-refractivity contribution in [3.05, 3.63) is 22.7 Å². The fourth-order valence-electron chi connectivity index (χ4n) is 3.46. The molecule has 3 saturated heterocycles. The molecule has 0 radical (unpaired) electrons. The van der Waals surface area contributed by atoms with Crippen molar-refractivity contribution in [1.29, 1.82) is 0 Å². The summed E-state index contributed by atoms with van der Waals surface area (Å²) >= 11 is 6.20. The van der Waals surface area contributed by atoms with Gasteiger partial charge in [0.15, 0.2) is 0 Å². The number of nitrogens with one attached hydrogen (secondary N) is 2. The summed E-state index contributed by atoms with van der Waals surface area (Å²) in [5, 5.41) is 3.56. The Morgan fingerprint density at radius 2 is 2.04 bits per heavy atom. The molecule has 1 aromatic carbocycles. The average Bonchev–Trinajstić information content (AvgIpc) is 2.57. The Morgan fingerprint density at radius 1 is 1.30 bits per heavy atom. The van der Waals surface area contributed by atoms with Gasteiger partial charge in [-0.2, -0.15) is 0 Å². The van der Waals surface area contributed by atoms with Gasteiger partial charge in [0.25, 0.3) is 5.91 Å². The summed E-state index contributed by atoms with van der Waals surface area (Å²) < 4.78 is 5.33. The van der Waals surface area contributed by atoms with Gasteiger partial charge in [0, 0.05) is 18.7 Å². The monoisotopic (exact) mass is 339 g/mol. The molecule has 0 spiro atoms. The molecular weight excluding hydrogens is 318 g/mol. The molecule has 2 bridgehead atoms. The average molecular weight is 340 g/mol. The summed E-state index contributed by atoms with van der Waals surface area (Å²) in [5.41, 5.74) is 3.67. The molecule has 3 aliphatic rings. The lowest BCUT2D eigenvalue weighted by Crippen LogP contribution is -2.57. The fourth-order valence-corrected chi connectivity index (χ4v) is 3.66. The van der Waals surface area contributed by atoms with Crippen molar-refractivity contribution in [3.8, 4) is 5.75 Å². The lowest BCUT2D eigenvalue weighted by Gasteiger charge is -2.44. The predicted molar refractivity (Wildman–Crippen MR) is 89.1 cm³/mol. The second-order valence-electron chi connectivity index (χ2n) is 6.06. The van der Waals surface area contributed by atoms with E-state index >= 15 is 0 Å². The quantitative estimate of drug-likeness (QED) is 0.805. The highest BCUT2D eigenvalue weighted by Crippen LogP contribution is 2.32. The van der Waals surface area contributed by atoms with Crippen molar-refractivity contribution in [1.82, 2.24) is 10.2 Å². The van der Waals surface area contributed by atoms with Gasteiger partial charge < -0.3 is 15.0 Å². The highest BCUT2D eigenvalue weighted by molar-refractivity contribution is 6.33. The van der Waals surface area contributed by atoms with Crippen LogP contribution in [0.25, 0.3) is 0 Å². The summed E-state index contributed by atoms with van der Waals surface area (Å²) in [6, 6.07) is 3.47. The molecule has 3 fully saturated rings. The van der Waals surface area contributed by atoms with Gasteiger partial charge in [0.2, 0.25) is 0 Å². The first-order valence-corrected chi connectivity index (χ1v) is 8.20. The summed E-state index contributed by atoms with van der Waals surface area (Å²) in [4.78, 5) is 19.9. The third kappa shape index (κ3) is 3.39. The number of halogens is 1. The lowest BCUT2D eigenvalue weighted by molar-refractivity contribution is 0.0619. The third-order valence-electron chi connectivity index (χ3n) is 4.72. The van der Waals surface area contributed by atoms with Crippen LogP contribution in [-0.2, 0) is 4.84 Å². The van der Waals surface area contributed by atoms with E-state index in [-0.39, 0.29) is 11.9 Å². The minimum absolute atomic E-state index is 0.147. The van der Waals surface area contributed by atoms with Crippen LogP contribution in [0.1, 0.15) is 23.2 Å². The van der Waals surface area contributed by atoms with Crippen molar-refractivity contribution >= 4 is 23.2 Å². The second kappa shape index (κ2) is 6.95. The fraction of sp³-hybridized carbons (Fsp3) is 0.562. The van der Waals surface area contributed by atoms with Crippen LogP contribution in [-0.4, -0.2) is 50.7 Å². The molecule has 1 aromatic rings. The summed E-state index contributed by atoms with van der Waals surface area (Å²) in [6.45, 7) is 3.21. The topological polar surface area (TPSA) is 62.8 Å². The van der Waals surface area contributed by atoms with Gasteiger partial charge in [-0.1, -0.05) is 11.6 Å². The van der Waals surface area contributed by atoms with Gasteiger partial charge in [-0.15, -0.1) is 0 Å². The molecule has 0 aromatic heterocycles. The molecule has 126 valence electrons. The van der Waals surface area contributed by atoms with Gasteiger partial charge >= 0.3 is 0 Å². The van der Waals surface area contributed by atoms with E-state index < -0.39 is 0 Å². The second-order valence-corrected chi connectivity index (χ2v) is 6.46. The van der Waals surface area contributed by atoms with Crippen molar-refractivity contribution in [3.63, 3.8) is 0 Å². The Morgan fingerprint density at radius 3 is 2.61 bits per heavy atom. The Labute approximate surface area is 141 Å². The zero-order chi connectivity index (χ0) is 16.4. The molecular formula is C16H22ClN3O3. The van der Waals surface area contributed by atoms with Crippen molar-refractivity contribution in [2.45, 2.75) is 18.9 Å². The molecule has 2 N–H and O–H groups in total. The molecule has 3 heterocycles. The Kier molecular flexibility index (Phi) is 4.94. The molecule has 0 aliphatic carbocycles. The molecule has 23 heavy (non-hydrogen) atoms. The number of nitrogens with zero attached hydrogens (tertiary/aromatic N) is 1. The number of methoxy groups -OCH3 is 1. The zero-order valence-electron chi connectivity index (χ0n) is 13.4. The number of benzene rings is 1. The molecule has 1 atom stereocenters. The largest absolute Gasteiger partial charge is 0.496 e. The van der Waals surface area contributed by atoms with Crippen LogP contribution < -0.4 is 15.5 Å². The number of hydrogen-bond acceptors (Lipinski definition) is 5. The maximum atomic E-state index is 12.7. The van der Waals surface area contributed by atoms with Gasteiger partial charge in [0.05, 0.1) is 30.5 Å². The number of anilines is 1. The molecule has 3 aliphatic heterocycles. The van der Waals surface area contributed by atoms with E-state index in [0.717, 1.165) is 32.5 Å². The van der Waals surface area contributed by atoms with Crippen LogP contribution in [0.5, 0.6) is 5.75 Å². The van der Waals surface area contributed by atoms with Crippen LogP contribution >= 0.6 is 11.6 Å². The van der Waals surface area contributed by atoms with Gasteiger partial charge in [-0.25, -0.2) is 0 Å². The van der Waals surface area contributed by atoms with Crippen LogP contribution in [0, 0.1) is 5.92 Å². The van der Waals surface area contributed by atoms with Gasteiger partial charge in [-0.05, 0) is 37.9 Å². The van der Waals surface area contributed by atoms with Crippen LogP contribution in [0.4, 0.5) is 5.69 Å². The standard InChI is InChI=1S/C16H22ClN3O3/c1-22-15-8-13(19-23-2)12(17)7-11(15)16(21)18-14-9-20-5-3-10(14)4-6-20/h7-8,10,14,19H,3-6,9H2,1-2H3,(H,18,21). The molecule has 1 amide bonds. The van der Waals surface area contributed by atoms with Crippen LogP contribution in [0.3, 0.4) is 0 Å². The molecule has 0 saturated carbocycles. The smallest absolute Gasteiger partial charge is 0.255 e. The molecule has 7 heteroatoms. The van der Waals surface area contributed by atoms with Crippen molar-refractivity contribution < 1.29 is 14.4 Å². The number of rotatable bonds is 5. The van der Waals surface area contributed by atoms with E-state index in [9.17, 15) is 4.79 Å². The van der Waals surface area contributed by atoms with E-state index in [0.29, 0.717) is 27.9 Å². The zero-order valence-corrected chi connectivity index (χ0v) is 14.2. The van der Waals surface area contributed by atoms with Gasteiger partial charge in [-0.3, -0.25) is 15.1 Å². The lowest BCUT2D eigenvalue weighted by atomic mass is 9.84. The Bertz CT molecular complexity index is 588. The number of amides is 1. The van der Waals surface area contributed by atoms with Gasteiger partial charge in [0.1, 0.15) is 5.75 Å². The third-order valence-corrected chi connectivity index (χ3v) is 5.03. The molecule has 6 nitrogen and oxygen atoms in total. The van der Waals surface area contributed by atoms with Crippen molar-refractivity contribution in [2.75, 3.05) is 39.3 Å². The maximum Gasteiger partial charge on any atom is 0.255 e. The summed E-state index contributed by atoms with van der Waals surface area (Å²) in [7, 11) is 3.03. The van der Waals surface area contributed by atoms with E-state index in [2.05, 4.69) is 15.7 Å². The van der Waals surface area contributed by atoms with Crippen LogP contribution in [0.2, 0.25) is 5.02 Å². The van der Waals surface area contributed by atoms with Crippen LogP contribution in [0.15, 0.2) is 12.1 Å². The number of carbonyl (C=O) groups is 1. The van der Waals surface area contributed by atoms with E-state index in [1.165, 1.54) is 14.2 Å². The first-order chi connectivity index (χ1) is 11.1. The number of hydrogen-bond donors (Lipinski definition) is 2. The number of ether oxygens (including phenoxy) is 1. The number of carbonyl (C=O) groups excluding carboxylic acids is 1. The SMILES string of the molecule is CONc1cc(OC)c(C(=O)NC2CN3CCC2CC3)cc1Cl. The highest BCUT2D eigenvalue weighted by Gasteiger charge is 2.35. The number of piperidine rings is 3. The van der Waals surface area contributed by atoms with E-state index in [1.54, 1.807) is 12.1 Å². The first-order valence-electron chi connectivity index (χ1n) is 7.82. The minimum atomic E-state index is -0.147. The normalized spacial score (nSPS) is 26.0. The van der Waals surface area contributed by atoms with E-state index in [4.69, 9.17) is 21.2 Å². The van der Waals surface area contributed by atoms with E-state index in [1.807, 2.05) is 0 Å². The maximum absolute atomic E-state index is 12.7. The highest BCUT2D eigenvalue weighted by atomic mass is 35.5.